The van der Waals surface area contributed by atoms with Crippen molar-refractivity contribution < 1.29 is 30.0 Å². The van der Waals surface area contributed by atoms with Crippen LogP contribution < -0.4 is 0 Å². The number of benzene rings is 2. The number of hydrogen-bond acceptors (Lipinski definition) is 6. The summed E-state index contributed by atoms with van der Waals surface area (Å²) in [6.45, 7) is 19.3. The molecule has 3 heterocycles. The average Bonchev–Trinajstić information content (AvgIpc) is 3.46. The smallest absolute Gasteiger partial charge is 0.162 e. The van der Waals surface area contributed by atoms with Crippen LogP contribution in [0.3, 0.4) is 0 Å². The normalized spacial score (nSPS) is 12.0. The summed E-state index contributed by atoms with van der Waals surface area (Å²) >= 11 is 1.83. The molecule has 0 unspecified atom stereocenters. The first kappa shape index (κ1) is 40.2. The summed E-state index contributed by atoms with van der Waals surface area (Å²) in [5, 5.41) is 12.1. The quantitative estimate of drug-likeness (QED) is 0.0814. The number of nitrogens with zero attached hydrogens (tertiary/aromatic N) is 3. The number of fused-ring (bicyclic) bond motifs is 2. The van der Waals surface area contributed by atoms with E-state index in [9.17, 15) is 9.90 Å². The van der Waals surface area contributed by atoms with Crippen molar-refractivity contribution in [1.82, 2.24) is 15.0 Å². The number of aliphatic hydroxyl groups excluding tert-OH is 1. The van der Waals surface area contributed by atoms with Crippen LogP contribution in [-0.2, 0) is 36.7 Å². The number of rotatable bonds is 11. The molecule has 7 heteroatoms. The minimum absolute atomic E-state index is 0. The summed E-state index contributed by atoms with van der Waals surface area (Å²) in [6, 6.07) is 22.7. The molecule has 263 valence electrons. The summed E-state index contributed by atoms with van der Waals surface area (Å²) in [6.07, 6.45) is 7.62. The number of thiophene rings is 1. The first-order valence-corrected chi connectivity index (χ1v) is 18.3. The van der Waals surface area contributed by atoms with Crippen molar-refractivity contribution in [3.8, 4) is 22.6 Å². The zero-order chi connectivity index (χ0) is 35.0. The molecule has 0 aliphatic carbocycles. The van der Waals surface area contributed by atoms with Gasteiger partial charge in [-0.1, -0.05) is 91.5 Å². The molecular weight excluding hydrogens is 803 g/mol. The topological polar surface area (TPSA) is 76.0 Å². The Hall–Kier alpha value is -3.25. The molecule has 0 amide bonds. The van der Waals surface area contributed by atoms with Crippen LogP contribution in [0.1, 0.15) is 98.4 Å². The summed E-state index contributed by atoms with van der Waals surface area (Å²) in [5.41, 5.74) is 5.90. The fourth-order valence-electron chi connectivity index (χ4n) is 6.03. The Morgan fingerprint density at radius 3 is 2.16 bits per heavy atom. The van der Waals surface area contributed by atoms with Crippen LogP contribution in [0, 0.1) is 23.8 Å². The zero-order valence-corrected chi connectivity index (χ0v) is 33.8. The van der Waals surface area contributed by atoms with E-state index < -0.39 is 0 Å². The van der Waals surface area contributed by atoms with Crippen LogP contribution >= 0.6 is 11.3 Å². The van der Waals surface area contributed by atoms with Gasteiger partial charge in [-0.15, -0.1) is 40.5 Å². The first-order chi connectivity index (χ1) is 22.9. The van der Waals surface area contributed by atoms with E-state index in [4.69, 9.17) is 4.98 Å². The van der Waals surface area contributed by atoms with E-state index in [2.05, 4.69) is 99.2 Å². The summed E-state index contributed by atoms with van der Waals surface area (Å²) in [5.74, 6) is 1.18. The third-order valence-corrected chi connectivity index (χ3v) is 10.0. The van der Waals surface area contributed by atoms with Crippen molar-refractivity contribution in [3.63, 3.8) is 0 Å². The summed E-state index contributed by atoms with van der Waals surface area (Å²) in [7, 11) is 0. The van der Waals surface area contributed by atoms with Gasteiger partial charge in [0.2, 0.25) is 0 Å². The Bertz CT molecular complexity index is 1860. The Kier molecular flexibility index (Phi) is 14.9. The minimum Gasteiger partial charge on any atom is -0.512 e. The molecule has 1 radical (unpaired) electrons. The number of aromatic nitrogens is 3. The number of pyridine rings is 1. The molecule has 0 atom stereocenters. The van der Waals surface area contributed by atoms with E-state index in [1.165, 1.54) is 26.6 Å². The van der Waals surface area contributed by atoms with Crippen LogP contribution in [0.15, 0.2) is 72.8 Å². The molecule has 3 aromatic heterocycles. The molecule has 0 fully saturated rings. The predicted molar refractivity (Wildman–Crippen MR) is 204 cm³/mol. The van der Waals surface area contributed by atoms with E-state index >= 15 is 0 Å². The van der Waals surface area contributed by atoms with Gasteiger partial charge in [0, 0.05) is 48.6 Å². The van der Waals surface area contributed by atoms with E-state index in [1.54, 1.807) is 6.33 Å². The van der Waals surface area contributed by atoms with Gasteiger partial charge in [0.25, 0.3) is 0 Å². The van der Waals surface area contributed by atoms with Gasteiger partial charge >= 0.3 is 0 Å². The number of carbonyl (C=O) groups is 1. The van der Waals surface area contributed by atoms with E-state index in [1.807, 2.05) is 45.1 Å². The van der Waals surface area contributed by atoms with E-state index in [0.29, 0.717) is 5.92 Å². The molecule has 0 spiro atoms. The minimum atomic E-state index is 0. The number of aliphatic hydroxyl groups is 1. The third kappa shape index (κ3) is 10.4. The Balaban J connectivity index is 0.000000347. The summed E-state index contributed by atoms with van der Waals surface area (Å²) in [4.78, 5) is 27.2. The van der Waals surface area contributed by atoms with Gasteiger partial charge < -0.3 is 5.11 Å². The van der Waals surface area contributed by atoms with Gasteiger partial charge in [0.1, 0.15) is 6.33 Å². The maximum absolute atomic E-state index is 11.7. The number of allylic oxidation sites excluding steroid dienone is 2. The molecular formula is C42H52IrN3O2S-. The zero-order valence-electron chi connectivity index (χ0n) is 30.6. The van der Waals surface area contributed by atoms with Crippen LogP contribution in [0.5, 0.6) is 0 Å². The molecule has 0 bridgehead atoms. The maximum Gasteiger partial charge on any atom is 0.162 e. The second-order valence-electron chi connectivity index (χ2n) is 14.1. The van der Waals surface area contributed by atoms with Crippen molar-refractivity contribution >= 4 is 38.1 Å². The SMILES string of the molecule is CC(C)Cc1cc2nc(-c3cc(-c4[c-]c5ccccc5c(C(C)(C)C)c4)ncn3)ccc2s1.CCC(CC)C(=O)/C=C(\O)C(CC)CC.[Ir]. The van der Waals surface area contributed by atoms with Gasteiger partial charge in [0.15, 0.2) is 5.78 Å². The summed E-state index contributed by atoms with van der Waals surface area (Å²) < 4.78 is 1.22. The van der Waals surface area contributed by atoms with Gasteiger partial charge in [-0.2, -0.15) is 0 Å². The third-order valence-electron chi connectivity index (χ3n) is 8.90. The van der Waals surface area contributed by atoms with Gasteiger partial charge in [-0.25, -0.2) is 9.97 Å². The Morgan fingerprint density at radius 1 is 0.878 bits per heavy atom. The van der Waals surface area contributed by atoms with Crippen molar-refractivity contribution in [2.45, 2.75) is 99.8 Å². The molecule has 0 saturated carbocycles. The Morgan fingerprint density at radius 2 is 1.53 bits per heavy atom. The molecule has 5 nitrogen and oxygen atoms in total. The molecule has 0 saturated heterocycles. The van der Waals surface area contributed by atoms with Crippen molar-refractivity contribution in [3.05, 3.63) is 89.3 Å². The fraction of sp³-hybridized carbons (Fsp3) is 0.429. The molecule has 0 aliphatic rings. The molecule has 49 heavy (non-hydrogen) atoms. The number of ketones is 1. The van der Waals surface area contributed by atoms with Crippen LogP contribution in [-0.4, -0.2) is 25.8 Å². The van der Waals surface area contributed by atoms with Crippen LogP contribution in [0.25, 0.3) is 43.6 Å². The van der Waals surface area contributed by atoms with Crippen molar-refractivity contribution in [2.24, 2.45) is 17.8 Å². The predicted octanol–water partition coefficient (Wildman–Crippen LogP) is 11.7. The second-order valence-corrected chi connectivity index (χ2v) is 15.2. The largest absolute Gasteiger partial charge is 0.512 e. The second kappa shape index (κ2) is 18.1. The standard InChI is InChI=1S/C29H28N3S.C13H24O2.Ir/c1-18(2)12-21-15-27-28(33-21)11-10-24(32-27)26-16-25(30-17-31-26)20-13-19-8-6-7-9-22(19)23(14-20)29(3,4)5;1-5-10(6-2)12(14)9-13(15)11(7-3)8-4;/h6-11,14-18H,12H2,1-5H3;9-11,14H,5-8H2,1-4H3;/q-1;;/b;12-9-;. The van der Waals surface area contributed by atoms with Gasteiger partial charge in [0.05, 0.1) is 27.4 Å². The molecule has 2 aromatic carbocycles. The van der Waals surface area contributed by atoms with Crippen molar-refractivity contribution in [2.75, 3.05) is 0 Å². The number of hydrogen-bond donors (Lipinski definition) is 1. The fourth-order valence-corrected chi connectivity index (χ4v) is 7.25. The van der Waals surface area contributed by atoms with Crippen LogP contribution in [0.2, 0.25) is 0 Å². The molecule has 0 aliphatic heterocycles. The monoisotopic (exact) mass is 855 g/mol. The molecule has 5 rings (SSSR count). The van der Waals surface area contributed by atoms with Crippen molar-refractivity contribution in [1.29, 1.82) is 0 Å². The van der Waals surface area contributed by atoms with E-state index in [0.717, 1.165) is 65.7 Å². The number of carbonyl (C=O) groups excluding carboxylic acids is 1. The van der Waals surface area contributed by atoms with Crippen LogP contribution in [0.4, 0.5) is 0 Å². The molecule has 1 N–H and O–H groups in total. The Labute approximate surface area is 311 Å². The average molecular weight is 855 g/mol. The van der Waals surface area contributed by atoms with Gasteiger partial charge in [-0.3, -0.25) is 9.78 Å². The maximum atomic E-state index is 11.7. The molecule has 5 aromatic rings. The first-order valence-electron chi connectivity index (χ1n) is 17.5. The van der Waals surface area contributed by atoms with Gasteiger partial charge in [-0.05, 0) is 67.7 Å². The van der Waals surface area contributed by atoms with E-state index in [-0.39, 0.29) is 48.9 Å².